The van der Waals surface area contributed by atoms with E-state index in [0.29, 0.717) is 12.5 Å². The quantitative estimate of drug-likeness (QED) is 0.707. The molecule has 4 nitrogen and oxygen atoms in total. The minimum atomic E-state index is -0.411. The van der Waals surface area contributed by atoms with Crippen LogP contribution in [0.2, 0.25) is 0 Å². The summed E-state index contributed by atoms with van der Waals surface area (Å²) in [5, 5.41) is 2.95. The molecule has 0 saturated carbocycles. The molecule has 4 heteroatoms. The second-order valence-electron chi connectivity index (χ2n) is 6.25. The van der Waals surface area contributed by atoms with E-state index in [4.69, 9.17) is 5.73 Å². The number of nitrogens with one attached hydrogen (secondary N) is 1. The Hall–Kier alpha value is -0.610. The largest absolute Gasteiger partial charge is 0.356 e. The summed E-state index contributed by atoms with van der Waals surface area (Å²) in [7, 11) is 0. The van der Waals surface area contributed by atoms with Crippen LogP contribution in [-0.2, 0) is 4.79 Å². The lowest BCUT2D eigenvalue weighted by Crippen LogP contribution is -2.41. The third kappa shape index (κ3) is 6.36. The van der Waals surface area contributed by atoms with Gasteiger partial charge in [0.25, 0.3) is 0 Å². The second kappa shape index (κ2) is 7.10. The molecule has 106 valence electrons. The summed E-state index contributed by atoms with van der Waals surface area (Å²) in [6.45, 7) is 9.12. The molecular weight excluding hydrogens is 226 g/mol. The van der Waals surface area contributed by atoms with E-state index in [1.807, 2.05) is 13.8 Å². The van der Waals surface area contributed by atoms with Crippen molar-refractivity contribution < 1.29 is 4.79 Å². The minimum Gasteiger partial charge on any atom is -0.356 e. The van der Waals surface area contributed by atoms with Gasteiger partial charge in [-0.25, -0.2) is 0 Å². The Kier molecular flexibility index (Phi) is 6.09. The summed E-state index contributed by atoms with van der Waals surface area (Å²) in [4.78, 5) is 14.1. The summed E-state index contributed by atoms with van der Waals surface area (Å²) in [5.74, 6) is 0.0641. The number of likely N-dealkylation sites (tertiary alicyclic amines) is 1. The molecule has 3 N–H and O–H groups in total. The van der Waals surface area contributed by atoms with Crippen LogP contribution in [0.3, 0.4) is 0 Å². The van der Waals surface area contributed by atoms with Gasteiger partial charge in [-0.2, -0.15) is 0 Å². The van der Waals surface area contributed by atoms with Gasteiger partial charge in [0.15, 0.2) is 0 Å². The minimum absolute atomic E-state index is 0.0641. The van der Waals surface area contributed by atoms with E-state index < -0.39 is 5.54 Å². The standard InChI is InChI=1S/C14H29N3O/c1-12-7-4-5-9-17(12)10-6-8-16-13(18)11-14(2,3)15/h12H,4-11,15H2,1-3H3,(H,16,18). The first-order valence-electron chi connectivity index (χ1n) is 7.18. The highest BCUT2D eigenvalue weighted by Crippen LogP contribution is 2.16. The Morgan fingerprint density at radius 2 is 2.17 bits per heavy atom. The molecule has 0 radical (unpaired) electrons. The van der Waals surface area contributed by atoms with Crippen molar-refractivity contribution in [3.8, 4) is 0 Å². The van der Waals surface area contributed by atoms with Gasteiger partial charge >= 0.3 is 0 Å². The third-order valence-corrected chi connectivity index (χ3v) is 3.50. The number of carbonyl (C=O) groups excluding carboxylic acids is 1. The van der Waals surface area contributed by atoms with Gasteiger partial charge < -0.3 is 16.0 Å². The maximum absolute atomic E-state index is 11.6. The summed E-state index contributed by atoms with van der Waals surface area (Å²) in [5.41, 5.74) is 5.40. The fourth-order valence-electron chi connectivity index (χ4n) is 2.48. The van der Waals surface area contributed by atoms with Gasteiger partial charge in [0.1, 0.15) is 0 Å². The van der Waals surface area contributed by atoms with Crippen molar-refractivity contribution in [3.63, 3.8) is 0 Å². The lowest BCUT2D eigenvalue weighted by Gasteiger charge is -2.33. The topological polar surface area (TPSA) is 58.4 Å². The number of hydrogen-bond donors (Lipinski definition) is 2. The molecule has 0 spiro atoms. The van der Waals surface area contributed by atoms with Gasteiger partial charge in [0.2, 0.25) is 5.91 Å². The average molecular weight is 255 g/mol. The Bertz CT molecular complexity index is 260. The highest BCUT2D eigenvalue weighted by atomic mass is 16.1. The van der Waals surface area contributed by atoms with Crippen LogP contribution in [0.1, 0.15) is 52.9 Å². The molecule has 0 bridgehead atoms. The summed E-state index contributed by atoms with van der Waals surface area (Å²) >= 11 is 0. The molecule has 1 heterocycles. The molecule has 1 fully saturated rings. The zero-order valence-corrected chi connectivity index (χ0v) is 12.2. The van der Waals surface area contributed by atoms with Crippen molar-refractivity contribution in [2.24, 2.45) is 5.73 Å². The Morgan fingerprint density at radius 1 is 1.44 bits per heavy atom. The Balaban J connectivity index is 2.09. The smallest absolute Gasteiger partial charge is 0.221 e. The fourth-order valence-corrected chi connectivity index (χ4v) is 2.48. The molecule has 0 aliphatic carbocycles. The Labute approximate surface area is 111 Å². The van der Waals surface area contributed by atoms with Crippen LogP contribution in [0, 0.1) is 0 Å². The number of nitrogens with zero attached hydrogens (tertiary/aromatic N) is 1. The first-order chi connectivity index (χ1) is 8.38. The van der Waals surface area contributed by atoms with Gasteiger partial charge in [0.05, 0.1) is 0 Å². The second-order valence-corrected chi connectivity index (χ2v) is 6.25. The van der Waals surface area contributed by atoms with E-state index in [9.17, 15) is 4.79 Å². The predicted octanol–water partition coefficient (Wildman–Crippen LogP) is 1.49. The van der Waals surface area contributed by atoms with Crippen molar-refractivity contribution in [3.05, 3.63) is 0 Å². The highest BCUT2D eigenvalue weighted by Gasteiger charge is 2.18. The Morgan fingerprint density at radius 3 is 2.78 bits per heavy atom. The van der Waals surface area contributed by atoms with Crippen molar-refractivity contribution in [1.82, 2.24) is 10.2 Å². The maximum atomic E-state index is 11.6. The number of piperidine rings is 1. The van der Waals surface area contributed by atoms with E-state index in [1.54, 1.807) is 0 Å². The van der Waals surface area contributed by atoms with E-state index in [-0.39, 0.29) is 5.91 Å². The normalized spacial score (nSPS) is 21.9. The van der Waals surface area contributed by atoms with Crippen molar-refractivity contribution in [1.29, 1.82) is 0 Å². The van der Waals surface area contributed by atoms with Gasteiger partial charge in [-0.1, -0.05) is 6.42 Å². The molecule has 0 aromatic heterocycles. The van der Waals surface area contributed by atoms with Crippen molar-refractivity contribution >= 4 is 5.91 Å². The van der Waals surface area contributed by atoms with E-state index in [0.717, 1.165) is 19.5 Å². The molecule has 18 heavy (non-hydrogen) atoms. The molecule has 1 saturated heterocycles. The predicted molar refractivity (Wildman–Crippen MR) is 75.4 cm³/mol. The van der Waals surface area contributed by atoms with E-state index in [2.05, 4.69) is 17.1 Å². The zero-order valence-electron chi connectivity index (χ0n) is 12.2. The van der Waals surface area contributed by atoms with Crippen LogP contribution in [-0.4, -0.2) is 42.0 Å². The van der Waals surface area contributed by atoms with Crippen LogP contribution in [0.15, 0.2) is 0 Å². The van der Waals surface area contributed by atoms with Gasteiger partial charge in [-0.3, -0.25) is 4.79 Å². The van der Waals surface area contributed by atoms with Crippen molar-refractivity contribution in [2.75, 3.05) is 19.6 Å². The monoisotopic (exact) mass is 255 g/mol. The van der Waals surface area contributed by atoms with Crippen LogP contribution in [0.5, 0.6) is 0 Å². The molecule has 1 atom stereocenters. The van der Waals surface area contributed by atoms with Gasteiger partial charge in [0, 0.05) is 31.1 Å². The number of amides is 1. The lowest BCUT2D eigenvalue weighted by atomic mass is 10.0. The average Bonchev–Trinajstić information content (AvgIpc) is 2.24. The van der Waals surface area contributed by atoms with E-state index >= 15 is 0 Å². The number of hydrogen-bond acceptors (Lipinski definition) is 3. The SMILES string of the molecule is CC1CCCCN1CCCNC(=O)CC(C)(C)N. The van der Waals surface area contributed by atoms with Gasteiger partial charge in [-0.05, 0) is 46.6 Å². The lowest BCUT2D eigenvalue weighted by molar-refractivity contribution is -0.122. The fraction of sp³-hybridized carbons (Fsp3) is 0.929. The summed E-state index contributed by atoms with van der Waals surface area (Å²) < 4.78 is 0. The molecule has 1 rings (SSSR count). The molecule has 1 aliphatic heterocycles. The first kappa shape index (κ1) is 15.4. The van der Waals surface area contributed by atoms with Crippen molar-refractivity contribution in [2.45, 2.75) is 64.5 Å². The molecular formula is C14H29N3O. The molecule has 1 aliphatic rings. The number of carbonyl (C=O) groups is 1. The molecule has 0 aromatic carbocycles. The number of nitrogens with two attached hydrogens (primary N) is 1. The van der Waals surface area contributed by atoms with Crippen LogP contribution >= 0.6 is 0 Å². The van der Waals surface area contributed by atoms with Crippen LogP contribution < -0.4 is 11.1 Å². The first-order valence-corrected chi connectivity index (χ1v) is 7.18. The molecule has 1 amide bonds. The maximum Gasteiger partial charge on any atom is 0.221 e. The molecule has 1 unspecified atom stereocenters. The third-order valence-electron chi connectivity index (χ3n) is 3.50. The van der Waals surface area contributed by atoms with Crippen LogP contribution in [0.4, 0.5) is 0 Å². The highest BCUT2D eigenvalue weighted by molar-refractivity contribution is 5.76. The van der Waals surface area contributed by atoms with Gasteiger partial charge in [-0.15, -0.1) is 0 Å². The van der Waals surface area contributed by atoms with Crippen LogP contribution in [0.25, 0.3) is 0 Å². The summed E-state index contributed by atoms with van der Waals surface area (Å²) in [6, 6.07) is 0.706. The summed E-state index contributed by atoms with van der Waals surface area (Å²) in [6.07, 6.45) is 5.42. The zero-order chi connectivity index (χ0) is 13.6. The van der Waals surface area contributed by atoms with E-state index in [1.165, 1.54) is 25.8 Å². The molecule has 0 aromatic rings. The number of rotatable bonds is 6.